The first-order valence-corrected chi connectivity index (χ1v) is 9.16. The molecule has 2 aliphatic rings. The van der Waals surface area contributed by atoms with Crippen molar-refractivity contribution in [1.82, 2.24) is 10.2 Å². The van der Waals surface area contributed by atoms with Gasteiger partial charge in [-0.2, -0.15) is 0 Å². The molecule has 0 aliphatic carbocycles. The summed E-state index contributed by atoms with van der Waals surface area (Å²) in [4.78, 5) is 16.4. The van der Waals surface area contributed by atoms with Crippen LogP contribution in [0.15, 0.2) is 36.4 Å². The lowest BCUT2D eigenvalue weighted by Crippen LogP contribution is -2.42. The van der Waals surface area contributed by atoms with Gasteiger partial charge in [-0.05, 0) is 42.6 Å². The molecular weight excluding hydrogens is 328 g/mol. The van der Waals surface area contributed by atoms with Crippen LogP contribution in [0.2, 0.25) is 4.34 Å². The molecule has 1 spiro atoms. The maximum absolute atomic E-state index is 12.8. The molecule has 3 nitrogen and oxygen atoms in total. The molecule has 1 aromatic carbocycles. The van der Waals surface area contributed by atoms with Crippen molar-refractivity contribution < 1.29 is 4.79 Å². The fourth-order valence-corrected chi connectivity index (χ4v) is 4.92. The van der Waals surface area contributed by atoms with Gasteiger partial charge in [-0.25, -0.2) is 0 Å². The normalized spacial score (nSPS) is 24.5. The van der Waals surface area contributed by atoms with Crippen LogP contribution in [-0.4, -0.2) is 23.9 Å². The highest BCUT2D eigenvalue weighted by molar-refractivity contribution is 7.16. The first-order chi connectivity index (χ1) is 11.1. The summed E-state index contributed by atoms with van der Waals surface area (Å²) in [5, 5.41) is 3.14. The van der Waals surface area contributed by atoms with Crippen LogP contribution < -0.4 is 5.32 Å². The summed E-state index contributed by atoms with van der Waals surface area (Å²) >= 11 is 7.65. The van der Waals surface area contributed by atoms with Gasteiger partial charge >= 0.3 is 0 Å². The number of hydrogen-bond donors (Lipinski definition) is 1. The summed E-state index contributed by atoms with van der Waals surface area (Å²) < 4.78 is 0.829. The van der Waals surface area contributed by atoms with E-state index in [1.54, 1.807) is 11.3 Å². The van der Waals surface area contributed by atoms with Gasteiger partial charge < -0.3 is 5.32 Å². The second kappa shape index (κ2) is 5.93. The average molecular weight is 347 g/mol. The number of halogens is 1. The van der Waals surface area contributed by atoms with Crippen molar-refractivity contribution >= 4 is 28.8 Å². The van der Waals surface area contributed by atoms with Gasteiger partial charge in [0.15, 0.2) is 0 Å². The Morgan fingerprint density at radius 1 is 1.22 bits per heavy atom. The highest BCUT2D eigenvalue weighted by atomic mass is 35.5. The Kier molecular flexibility index (Phi) is 3.92. The molecule has 1 N–H and O–H groups in total. The van der Waals surface area contributed by atoms with Crippen molar-refractivity contribution in [2.45, 2.75) is 25.9 Å². The number of fused-ring (bicyclic) bond motifs is 1. The molecule has 0 saturated carbocycles. The van der Waals surface area contributed by atoms with Crippen LogP contribution in [0.3, 0.4) is 0 Å². The van der Waals surface area contributed by atoms with Crippen LogP contribution in [0, 0.1) is 5.41 Å². The Hall–Kier alpha value is -1.36. The van der Waals surface area contributed by atoms with Crippen LogP contribution >= 0.6 is 22.9 Å². The van der Waals surface area contributed by atoms with Crippen LogP contribution in [-0.2, 0) is 24.3 Å². The number of nitrogens with zero attached hydrogens (tertiary/aromatic N) is 1. The first kappa shape index (κ1) is 15.2. The van der Waals surface area contributed by atoms with E-state index in [2.05, 4.69) is 34.5 Å². The van der Waals surface area contributed by atoms with Crippen LogP contribution in [0.5, 0.6) is 0 Å². The van der Waals surface area contributed by atoms with E-state index in [1.807, 2.05) is 12.1 Å². The quantitative estimate of drug-likeness (QED) is 0.903. The number of likely N-dealkylation sites (tertiary alicyclic amines) is 1. The monoisotopic (exact) mass is 346 g/mol. The molecule has 1 unspecified atom stereocenters. The molecule has 2 aromatic rings. The smallest absolute Gasteiger partial charge is 0.228 e. The molecule has 1 amide bonds. The van der Waals surface area contributed by atoms with Gasteiger partial charge in [0.05, 0.1) is 9.75 Å². The zero-order valence-corrected chi connectivity index (χ0v) is 14.4. The number of nitrogens with one attached hydrogen (secondary N) is 1. The summed E-state index contributed by atoms with van der Waals surface area (Å²) in [6.07, 6.45) is 1.77. The van der Waals surface area contributed by atoms with Gasteiger partial charge in [0.1, 0.15) is 0 Å². The Bertz CT molecular complexity index is 744. The summed E-state index contributed by atoms with van der Waals surface area (Å²) in [5.41, 5.74) is 2.28. The minimum atomic E-state index is -0.284. The second-order valence-electron chi connectivity index (χ2n) is 6.57. The van der Waals surface area contributed by atoms with Crippen molar-refractivity contribution in [3.05, 3.63) is 56.7 Å². The van der Waals surface area contributed by atoms with Gasteiger partial charge in [-0.15, -0.1) is 11.3 Å². The number of hydrogen-bond acceptors (Lipinski definition) is 3. The molecule has 0 bridgehead atoms. The third-order valence-electron chi connectivity index (χ3n) is 5.01. The number of thiophene rings is 1. The second-order valence-corrected chi connectivity index (χ2v) is 8.37. The zero-order chi connectivity index (χ0) is 15.9. The molecule has 4 rings (SSSR count). The van der Waals surface area contributed by atoms with Gasteiger partial charge in [0.2, 0.25) is 5.91 Å². The SMILES string of the molecule is O=C1NCc2ccccc2CC12CCN(Cc1ccc(Cl)s1)C2. The largest absolute Gasteiger partial charge is 0.351 e. The first-order valence-electron chi connectivity index (χ1n) is 7.96. The van der Waals surface area contributed by atoms with E-state index >= 15 is 0 Å². The molecule has 1 saturated heterocycles. The maximum atomic E-state index is 12.8. The topological polar surface area (TPSA) is 32.3 Å². The van der Waals surface area contributed by atoms with Crippen LogP contribution in [0.4, 0.5) is 0 Å². The number of benzene rings is 1. The van der Waals surface area contributed by atoms with E-state index in [0.717, 1.165) is 36.8 Å². The number of carbonyl (C=O) groups is 1. The molecular formula is C18H19ClN2OS. The molecule has 23 heavy (non-hydrogen) atoms. The predicted molar refractivity (Wildman–Crippen MR) is 93.6 cm³/mol. The third kappa shape index (κ3) is 2.91. The molecule has 1 fully saturated rings. The lowest BCUT2D eigenvalue weighted by atomic mass is 9.80. The average Bonchev–Trinajstić information content (AvgIpc) is 3.10. The lowest BCUT2D eigenvalue weighted by Gasteiger charge is -2.26. The summed E-state index contributed by atoms with van der Waals surface area (Å²) in [6.45, 7) is 3.32. The number of carbonyl (C=O) groups excluding carboxylic acids is 1. The molecule has 0 radical (unpaired) electrons. The highest BCUT2D eigenvalue weighted by Crippen LogP contribution is 2.38. The van der Waals surface area contributed by atoms with Crippen molar-refractivity contribution in [2.75, 3.05) is 13.1 Å². The van der Waals surface area contributed by atoms with Crippen LogP contribution in [0.1, 0.15) is 22.4 Å². The summed E-state index contributed by atoms with van der Waals surface area (Å²) in [7, 11) is 0. The third-order valence-corrected chi connectivity index (χ3v) is 6.23. The van der Waals surface area contributed by atoms with Gasteiger partial charge in [0.25, 0.3) is 0 Å². The van der Waals surface area contributed by atoms with E-state index in [-0.39, 0.29) is 11.3 Å². The van der Waals surface area contributed by atoms with Gasteiger partial charge in [-0.1, -0.05) is 35.9 Å². The Balaban J connectivity index is 1.55. The molecule has 3 heterocycles. The van der Waals surface area contributed by atoms with E-state index in [9.17, 15) is 4.79 Å². The minimum absolute atomic E-state index is 0.209. The zero-order valence-electron chi connectivity index (χ0n) is 12.8. The lowest BCUT2D eigenvalue weighted by molar-refractivity contribution is -0.130. The van der Waals surface area contributed by atoms with E-state index in [1.165, 1.54) is 16.0 Å². The predicted octanol–water partition coefficient (Wildman–Crippen LogP) is 3.47. The molecule has 5 heteroatoms. The van der Waals surface area contributed by atoms with Gasteiger partial charge in [-0.3, -0.25) is 9.69 Å². The summed E-state index contributed by atoms with van der Waals surface area (Å²) in [5.74, 6) is 0.209. The fourth-order valence-electron chi connectivity index (χ4n) is 3.79. The van der Waals surface area contributed by atoms with Crippen LogP contribution in [0.25, 0.3) is 0 Å². The molecule has 120 valence electrons. The molecule has 1 aromatic heterocycles. The van der Waals surface area contributed by atoms with Gasteiger partial charge in [0, 0.05) is 24.5 Å². The minimum Gasteiger partial charge on any atom is -0.351 e. The Labute approximate surface area is 145 Å². The van der Waals surface area contributed by atoms with Crippen molar-refractivity contribution in [3.8, 4) is 0 Å². The Morgan fingerprint density at radius 3 is 2.83 bits per heavy atom. The highest BCUT2D eigenvalue weighted by Gasteiger charge is 2.45. The number of rotatable bonds is 2. The molecule has 1 atom stereocenters. The van der Waals surface area contributed by atoms with Crippen molar-refractivity contribution in [3.63, 3.8) is 0 Å². The Morgan fingerprint density at radius 2 is 2.04 bits per heavy atom. The standard InChI is InChI=1S/C18H19ClN2OS/c19-16-6-5-15(23-16)11-21-8-7-18(12-21)9-13-3-1-2-4-14(13)10-20-17(18)22/h1-6H,7-12H2,(H,20,22). The summed E-state index contributed by atoms with van der Waals surface area (Å²) in [6, 6.07) is 12.4. The van der Waals surface area contributed by atoms with Crippen molar-refractivity contribution in [2.24, 2.45) is 5.41 Å². The molecule has 2 aliphatic heterocycles. The van der Waals surface area contributed by atoms with Crippen molar-refractivity contribution in [1.29, 1.82) is 0 Å². The van der Waals surface area contributed by atoms with E-state index < -0.39 is 0 Å². The van der Waals surface area contributed by atoms with E-state index in [4.69, 9.17) is 11.6 Å². The fraction of sp³-hybridized carbons (Fsp3) is 0.389. The van der Waals surface area contributed by atoms with E-state index in [0.29, 0.717) is 6.54 Å². The number of amides is 1. The maximum Gasteiger partial charge on any atom is 0.228 e.